The summed E-state index contributed by atoms with van der Waals surface area (Å²) in [7, 11) is 1.68. The second-order valence-electron chi connectivity index (χ2n) is 8.72. The third kappa shape index (κ3) is 4.64. The van der Waals surface area contributed by atoms with E-state index in [1.54, 1.807) is 7.11 Å². The molecular formula is C26H32N4O2. The Kier molecular flexibility index (Phi) is 6.49. The van der Waals surface area contributed by atoms with Crippen molar-refractivity contribution in [2.24, 2.45) is 5.92 Å². The minimum absolute atomic E-state index is 0.0390. The van der Waals surface area contributed by atoms with Crippen molar-refractivity contribution < 1.29 is 9.53 Å². The molecule has 1 N–H and O–H groups in total. The Balaban J connectivity index is 1.55. The number of rotatable bonds is 6. The molecule has 1 aromatic heterocycles. The number of pyridine rings is 1. The molecule has 1 fully saturated rings. The lowest BCUT2D eigenvalue weighted by Gasteiger charge is -2.37. The number of methoxy groups -OCH3 is 1. The molecule has 6 heteroatoms. The van der Waals surface area contributed by atoms with Gasteiger partial charge >= 0.3 is 0 Å². The molecule has 1 aliphatic heterocycles. The average molecular weight is 433 g/mol. The third-order valence-corrected chi connectivity index (χ3v) is 6.35. The largest absolute Gasteiger partial charge is 0.497 e. The number of aromatic nitrogens is 1. The number of hydrogen-bond donors (Lipinski definition) is 1. The Bertz CT molecular complexity index is 1070. The first kappa shape index (κ1) is 21.9. The van der Waals surface area contributed by atoms with E-state index in [0.29, 0.717) is 11.5 Å². The SMILES string of the molecule is COc1ccc(N2CCN(c3cc(C(=O)N[C@H](C)C(C)C)c4ccccc4n3)CC2)cc1. The fourth-order valence-corrected chi connectivity index (χ4v) is 3.95. The predicted octanol–water partition coefficient (Wildman–Crippen LogP) is 4.34. The number of hydrogen-bond acceptors (Lipinski definition) is 5. The van der Waals surface area contributed by atoms with Crippen LogP contribution in [0, 0.1) is 5.92 Å². The van der Waals surface area contributed by atoms with Crippen LogP contribution in [0.1, 0.15) is 31.1 Å². The van der Waals surface area contributed by atoms with Gasteiger partial charge in [-0.15, -0.1) is 0 Å². The molecule has 2 aromatic carbocycles. The summed E-state index contributed by atoms with van der Waals surface area (Å²) in [5, 5.41) is 4.04. The number of para-hydroxylation sites is 1. The molecule has 1 saturated heterocycles. The fraction of sp³-hybridized carbons (Fsp3) is 0.385. The number of piperazine rings is 1. The normalized spacial score (nSPS) is 15.2. The van der Waals surface area contributed by atoms with E-state index < -0.39 is 0 Å². The van der Waals surface area contributed by atoms with Gasteiger partial charge in [0, 0.05) is 43.3 Å². The Hall–Kier alpha value is -3.28. The van der Waals surface area contributed by atoms with Crippen molar-refractivity contribution in [1.82, 2.24) is 10.3 Å². The van der Waals surface area contributed by atoms with Gasteiger partial charge in [0.2, 0.25) is 0 Å². The van der Waals surface area contributed by atoms with E-state index in [9.17, 15) is 4.79 Å². The van der Waals surface area contributed by atoms with Crippen LogP contribution in [0.4, 0.5) is 11.5 Å². The summed E-state index contributed by atoms with van der Waals surface area (Å²) in [4.78, 5) is 22.7. The summed E-state index contributed by atoms with van der Waals surface area (Å²) >= 11 is 0. The lowest BCUT2D eigenvalue weighted by Crippen LogP contribution is -2.47. The van der Waals surface area contributed by atoms with Crippen LogP contribution in [0.15, 0.2) is 54.6 Å². The second kappa shape index (κ2) is 9.47. The number of benzene rings is 2. The van der Waals surface area contributed by atoms with E-state index in [4.69, 9.17) is 9.72 Å². The first-order valence-corrected chi connectivity index (χ1v) is 11.3. The van der Waals surface area contributed by atoms with E-state index in [1.807, 2.05) is 49.4 Å². The number of fused-ring (bicyclic) bond motifs is 1. The van der Waals surface area contributed by atoms with Crippen molar-refractivity contribution in [3.8, 4) is 5.75 Å². The van der Waals surface area contributed by atoms with Crippen LogP contribution >= 0.6 is 0 Å². The number of carbonyl (C=O) groups is 1. The molecule has 168 valence electrons. The average Bonchev–Trinajstić information content (AvgIpc) is 2.83. The summed E-state index contributed by atoms with van der Waals surface area (Å²) in [5.74, 6) is 2.06. The minimum Gasteiger partial charge on any atom is -0.497 e. The van der Waals surface area contributed by atoms with E-state index in [2.05, 4.69) is 41.1 Å². The summed E-state index contributed by atoms with van der Waals surface area (Å²) < 4.78 is 5.27. The Labute approximate surface area is 190 Å². The zero-order valence-corrected chi connectivity index (χ0v) is 19.3. The lowest BCUT2D eigenvalue weighted by molar-refractivity contribution is 0.0932. The number of nitrogens with one attached hydrogen (secondary N) is 1. The smallest absolute Gasteiger partial charge is 0.252 e. The highest BCUT2D eigenvalue weighted by atomic mass is 16.5. The fourth-order valence-electron chi connectivity index (χ4n) is 3.95. The van der Waals surface area contributed by atoms with Crippen molar-refractivity contribution in [2.45, 2.75) is 26.8 Å². The second-order valence-corrected chi connectivity index (χ2v) is 8.72. The topological polar surface area (TPSA) is 57.7 Å². The number of nitrogens with zero attached hydrogens (tertiary/aromatic N) is 3. The number of carbonyl (C=O) groups excluding carboxylic acids is 1. The maximum absolute atomic E-state index is 13.1. The molecule has 2 heterocycles. The summed E-state index contributed by atoms with van der Waals surface area (Å²) in [6.07, 6.45) is 0. The molecular weight excluding hydrogens is 400 g/mol. The van der Waals surface area contributed by atoms with Crippen LogP contribution in [0.3, 0.4) is 0 Å². The summed E-state index contributed by atoms with van der Waals surface area (Å²) in [5.41, 5.74) is 2.74. The molecule has 0 spiro atoms. The molecule has 1 aliphatic rings. The van der Waals surface area contributed by atoms with Crippen molar-refractivity contribution in [3.05, 3.63) is 60.2 Å². The van der Waals surface area contributed by atoms with Crippen LogP contribution in [0.2, 0.25) is 0 Å². The molecule has 0 radical (unpaired) electrons. The van der Waals surface area contributed by atoms with Crippen LogP contribution in [-0.2, 0) is 0 Å². The number of ether oxygens (including phenoxy) is 1. The molecule has 0 saturated carbocycles. The predicted molar refractivity (Wildman–Crippen MR) is 131 cm³/mol. The van der Waals surface area contributed by atoms with Gasteiger partial charge in [0.25, 0.3) is 5.91 Å². The maximum Gasteiger partial charge on any atom is 0.252 e. The van der Waals surface area contributed by atoms with Gasteiger partial charge < -0.3 is 19.9 Å². The molecule has 3 aromatic rings. The van der Waals surface area contributed by atoms with Gasteiger partial charge in [-0.2, -0.15) is 0 Å². The number of amides is 1. The molecule has 0 unspecified atom stereocenters. The van der Waals surface area contributed by atoms with E-state index in [1.165, 1.54) is 5.69 Å². The van der Waals surface area contributed by atoms with Crippen LogP contribution in [0.5, 0.6) is 5.75 Å². The van der Waals surface area contributed by atoms with Crippen LogP contribution < -0.4 is 19.9 Å². The summed E-state index contributed by atoms with van der Waals surface area (Å²) in [6, 6.07) is 18.1. The molecule has 1 amide bonds. The highest BCUT2D eigenvalue weighted by Gasteiger charge is 2.22. The zero-order valence-electron chi connectivity index (χ0n) is 19.3. The molecule has 0 bridgehead atoms. The Morgan fingerprint density at radius 1 is 0.969 bits per heavy atom. The molecule has 1 atom stereocenters. The molecule has 4 rings (SSSR count). The molecule has 32 heavy (non-hydrogen) atoms. The monoisotopic (exact) mass is 432 g/mol. The quantitative estimate of drug-likeness (QED) is 0.628. The van der Waals surface area contributed by atoms with Crippen LogP contribution in [-0.4, -0.2) is 50.2 Å². The van der Waals surface area contributed by atoms with Gasteiger partial charge in [0.1, 0.15) is 11.6 Å². The zero-order chi connectivity index (χ0) is 22.7. The van der Waals surface area contributed by atoms with Gasteiger partial charge in [-0.3, -0.25) is 4.79 Å². The van der Waals surface area contributed by atoms with Crippen molar-refractivity contribution >= 4 is 28.3 Å². The summed E-state index contributed by atoms with van der Waals surface area (Å²) in [6.45, 7) is 9.76. The van der Waals surface area contributed by atoms with Gasteiger partial charge in [0.15, 0.2) is 0 Å². The molecule has 0 aliphatic carbocycles. The third-order valence-electron chi connectivity index (χ3n) is 6.35. The molecule has 6 nitrogen and oxygen atoms in total. The minimum atomic E-state index is -0.0390. The van der Waals surface area contributed by atoms with E-state index in [0.717, 1.165) is 48.6 Å². The van der Waals surface area contributed by atoms with Crippen molar-refractivity contribution in [3.63, 3.8) is 0 Å². The van der Waals surface area contributed by atoms with Crippen LogP contribution in [0.25, 0.3) is 10.9 Å². The highest BCUT2D eigenvalue weighted by Crippen LogP contribution is 2.26. The van der Waals surface area contributed by atoms with Gasteiger partial charge in [-0.05, 0) is 49.2 Å². The first-order chi connectivity index (χ1) is 15.5. The van der Waals surface area contributed by atoms with Gasteiger partial charge in [-0.25, -0.2) is 4.98 Å². The van der Waals surface area contributed by atoms with Crippen molar-refractivity contribution in [2.75, 3.05) is 43.1 Å². The highest BCUT2D eigenvalue weighted by molar-refractivity contribution is 6.07. The van der Waals surface area contributed by atoms with E-state index >= 15 is 0 Å². The van der Waals surface area contributed by atoms with Gasteiger partial charge in [-0.1, -0.05) is 32.0 Å². The van der Waals surface area contributed by atoms with E-state index in [-0.39, 0.29) is 11.9 Å². The maximum atomic E-state index is 13.1. The first-order valence-electron chi connectivity index (χ1n) is 11.3. The lowest BCUT2D eigenvalue weighted by atomic mass is 10.0. The Morgan fingerprint density at radius 3 is 2.28 bits per heavy atom. The van der Waals surface area contributed by atoms with Crippen molar-refractivity contribution in [1.29, 1.82) is 0 Å². The van der Waals surface area contributed by atoms with Gasteiger partial charge in [0.05, 0.1) is 18.2 Å². The Morgan fingerprint density at radius 2 is 1.62 bits per heavy atom. The number of anilines is 2. The standard InChI is InChI=1S/C26H32N4O2/c1-18(2)19(3)27-26(31)23-17-25(28-24-8-6-5-7-22(23)24)30-15-13-29(14-16-30)20-9-11-21(32-4)12-10-20/h5-12,17-19H,13-16H2,1-4H3,(H,27,31)/t19-/m1/s1.